The average molecular weight is 507 g/mol. The summed E-state index contributed by atoms with van der Waals surface area (Å²) in [6.07, 6.45) is -1.84. The normalized spacial score (nSPS) is 14.1. The lowest BCUT2D eigenvalue weighted by atomic mass is 10.1. The van der Waals surface area contributed by atoms with Gasteiger partial charge in [0.1, 0.15) is 18.1 Å². The maximum atomic E-state index is 12.6. The lowest BCUT2D eigenvalue weighted by Gasteiger charge is -2.24. The largest absolute Gasteiger partial charge is 0.481 e. The van der Waals surface area contributed by atoms with Crippen molar-refractivity contribution in [1.29, 1.82) is 0 Å². The number of hydrogen-bond donors (Lipinski definition) is 9. The third-order valence-corrected chi connectivity index (χ3v) is 4.79. The molecule has 0 aromatic heterocycles. The van der Waals surface area contributed by atoms with Crippen molar-refractivity contribution in [3.63, 3.8) is 0 Å². The molecule has 0 aliphatic rings. The van der Waals surface area contributed by atoms with Gasteiger partial charge in [-0.3, -0.25) is 28.8 Å². The van der Waals surface area contributed by atoms with Crippen LogP contribution in [0.25, 0.3) is 0 Å². The molecule has 192 valence electrons. The van der Waals surface area contributed by atoms with Crippen LogP contribution in [0.1, 0.15) is 38.5 Å². The fourth-order valence-electron chi connectivity index (χ4n) is 2.53. The molecule has 0 saturated carbocycles. The molecule has 0 rings (SSSR count). The molecular weight excluding hydrogens is 476 g/mol. The standard InChI is InChI=1S/C18H30N6O9S/c19-8(1-4-12(20)25)15(29)24-11(7-34)17(31)22-9(2-5-13(21)26)16(30)23-10(18(32)33)3-6-14(27)28/h8-11,34H,1-7,19H2,(H2,20,25)(H2,21,26)(H,22,31)(H,23,30)(H,24,29)(H,27,28)(H,32,33). The van der Waals surface area contributed by atoms with Crippen LogP contribution in [-0.2, 0) is 33.6 Å². The molecule has 0 aromatic rings. The van der Waals surface area contributed by atoms with Crippen molar-refractivity contribution >= 4 is 54.1 Å². The minimum atomic E-state index is -1.57. The number of thiol groups is 1. The third kappa shape index (κ3) is 12.6. The van der Waals surface area contributed by atoms with Gasteiger partial charge in [0.25, 0.3) is 0 Å². The highest BCUT2D eigenvalue weighted by Gasteiger charge is 2.30. The zero-order chi connectivity index (χ0) is 26.4. The monoisotopic (exact) mass is 506 g/mol. The summed E-state index contributed by atoms with van der Waals surface area (Å²) in [6, 6.07) is -5.43. The van der Waals surface area contributed by atoms with Crippen LogP contribution in [0.3, 0.4) is 0 Å². The number of nitrogens with two attached hydrogens (primary N) is 3. The molecule has 4 unspecified atom stereocenters. The van der Waals surface area contributed by atoms with E-state index in [4.69, 9.17) is 22.3 Å². The van der Waals surface area contributed by atoms with Gasteiger partial charge < -0.3 is 43.4 Å². The van der Waals surface area contributed by atoms with Crippen molar-refractivity contribution in [2.75, 3.05) is 5.75 Å². The minimum absolute atomic E-state index is 0.0708. The number of carbonyl (C=O) groups is 7. The number of carboxylic acids is 2. The molecule has 5 amide bonds. The van der Waals surface area contributed by atoms with E-state index in [1.54, 1.807) is 0 Å². The maximum absolute atomic E-state index is 12.6. The number of rotatable bonds is 17. The molecule has 0 aromatic carbocycles. The van der Waals surface area contributed by atoms with Crippen molar-refractivity contribution < 1.29 is 43.8 Å². The number of primary amides is 2. The Hall–Kier alpha value is -3.40. The Bertz CT molecular complexity index is 794. The van der Waals surface area contributed by atoms with Crippen LogP contribution >= 0.6 is 12.6 Å². The quantitative estimate of drug-likeness (QED) is 0.0867. The van der Waals surface area contributed by atoms with Crippen LogP contribution < -0.4 is 33.2 Å². The molecule has 0 fully saturated rings. The number of carboxylic acid groups (broad SMARTS) is 2. The number of hydrogen-bond acceptors (Lipinski definition) is 9. The Balaban J connectivity index is 5.32. The van der Waals surface area contributed by atoms with Crippen molar-refractivity contribution in [3.05, 3.63) is 0 Å². The molecule has 34 heavy (non-hydrogen) atoms. The van der Waals surface area contributed by atoms with E-state index >= 15 is 0 Å². The van der Waals surface area contributed by atoms with E-state index in [9.17, 15) is 38.7 Å². The number of nitrogens with one attached hydrogen (secondary N) is 3. The van der Waals surface area contributed by atoms with Crippen LogP contribution in [0.4, 0.5) is 0 Å². The minimum Gasteiger partial charge on any atom is -0.481 e. The van der Waals surface area contributed by atoms with Crippen LogP contribution in [0.15, 0.2) is 0 Å². The van der Waals surface area contributed by atoms with E-state index in [2.05, 4.69) is 28.6 Å². The second-order valence-electron chi connectivity index (χ2n) is 7.25. The summed E-state index contributed by atoms with van der Waals surface area (Å²) in [4.78, 5) is 81.3. The lowest BCUT2D eigenvalue weighted by molar-refractivity contribution is -0.143. The first-order valence-corrected chi connectivity index (χ1v) is 10.7. The smallest absolute Gasteiger partial charge is 0.326 e. The summed E-state index contributed by atoms with van der Waals surface area (Å²) >= 11 is 3.97. The second-order valence-corrected chi connectivity index (χ2v) is 7.62. The van der Waals surface area contributed by atoms with E-state index in [0.29, 0.717) is 0 Å². The van der Waals surface area contributed by atoms with Gasteiger partial charge in [0.15, 0.2) is 0 Å². The van der Waals surface area contributed by atoms with Gasteiger partial charge in [0.2, 0.25) is 29.5 Å². The second kappa shape index (κ2) is 15.4. The Morgan fingerprint density at radius 2 is 1.12 bits per heavy atom. The zero-order valence-corrected chi connectivity index (χ0v) is 19.1. The molecule has 0 heterocycles. The SMILES string of the molecule is NC(=O)CCC(N)C(=O)NC(CS)C(=O)NC(CCC(N)=O)C(=O)NC(CCC(=O)O)C(=O)O. The van der Waals surface area contributed by atoms with Gasteiger partial charge in [-0.15, -0.1) is 0 Å². The van der Waals surface area contributed by atoms with Gasteiger partial charge in [-0.05, 0) is 19.3 Å². The molecule has 0 saturated heterocycles. The van der Waals surface area contributed by atoms with Gasteiger partial charge in [0, 0.05) is 25.0 Å². The fourth-order valence-corrected chi connectivity index (χ4v) is 2.78. The highest BCUT2D eigenvalue weighted by Crippen LogP contribution is 2.04. The summed E-state index contributed by atoms with van der Waals surface area (Å²) < 4.78 is 0. The number of aliphatic carboxylic acids is 2. The van der Waals surface area contributed by atoms with Crippen LogP contribution in [0, 0.1) is 0 Å². The first-order chi connectivity index (χ1) is 15.8. The topological polar surface area (TPSA) is 274 Å². The highest BCUT2D eigenvalue weighted by atomic mass is 32.1. The van der Waals surface area contributed by atoms with E-state index in [1.807, 2.05) is 0 Å². The van der Waals surface area contributed by atoms with E-state index in [0.717, 1.165) is 0 Å². The fraction of sp³-hybridized carbons (Fsp3) is 0.611. The number of amides is 5. The molecule has 4 atom stereocenters. The average Bonchev–Trinajstić information content (AvgIpc) is 2.74. The summed E-state index contributed by atoms with van der Waals surface area (Å²) in [5, 5.41) is 24.6. The van der Waals surface area contributed by atoms with Gasteiger partial charge in [0.05, 0.1) is 6.04 Å². The third-order valence-electron chi connectivity index (χ3n) is 4.43. The molecule has 0 spiro atoms. The summed E-state index contributed by atoms with van der Waals surface area (Å²) in [7, 11) is 0. The van der Waals surface area contributed by atoms with E-state index < -0.39 is 78.5 Å². The van der Waals surface area contributed by atoms with Crippen molar-refractivity contribution in [2.45, 2.75) is 62.7 Å². The van der Waals surface area contributed by atoms with Crippen LogP contribution in [-0.4, -0.2) is 81.6 Å². The van der Waals surface area contributed by atoms with E-state index in [1.165, 1.54) is 0 Å². The van der Waals surface area contributed by atoms with Gasteiger partial charge in [-0.2, -0.15) is 12.6 Å². The maximum Gasteiger partial charge on any atom is 0.326 e. The summed E-state index contributed by atoms with van der Waals surface area (Å²) in [6.45, 7) is 0. The zero-order valence-electron chi connectivity index (χ0n) is 18.2. The Morgan fingerprint density at radius 3 is 1.59 bits per heavy atom. The summed E-state index contributed by atoms with van der Waals surface area (Å²) in [5.41, 5.74) is 15.7. The molecule has 0 bridgehead atoms. The molecule has 11 N–H and O–H groups in total. The van der Waals surface area contributed by atoms with Crippen molar-refractivity contribution in [3.8, 4) is 0 Å². The highest BCUT2D eigenvalue weighted by molar-refractivity contribution is 7.80. The Kier molecular flexibility index (Phi) is 13.9. The Morgan fingerprint density at radius 1 is 0.676 bits per heavy atom. The first kappa shape index (κ1) is 30.6. The lowest BCUT2D eigenvalue weighted by Crippen LogP contribution is -2.57. The molecule has 0 aliphatic heterocycles. The van der Waals surface area contributed by atoms with Gasteiger partial charge in [-0.25, -0.2) is 4.79 Å². The molecular formula is C18H30N6O9S. The predicted octanol–water partition coefficient (Wildman–Crippen LogP) is -3.82. The van der Waals surface area contributed by atoms with Gasteiger partial charge >= 0.3 is 11.9 Å². The molecule has 0 radical (unpaired) electrons. The van der Waals surface area contributed by atoms with Crippen LogP contribution in [0.5, 0.6) is 0 Å². The molecule has 0 aliphatic carbocycles. The predicted molar refractivity (Wildman–Crippen MR) is 119 cm³/mol. The first-order valence-electron chi connectivity index (χ1n) is 10.1. The van der Waals surface area contributed by atoms with Gasteiger partial charge in [-0.1, -0.05) is 0 Å². The van der Waals surface area contributed by atoms with Crippen LogP contribution in [0.2, 0.25) is 0 Å². The van der Waals surface area contributed by atoms with Crippen molar-refractivity contribution in [2.24, 2.45) is 17.2 Å². The van der Waals surface area contributed by atoms with Crippen molar-refractivity contribution in [1.82, 2.24) is 16.0 Å². The number of carbonyl (C=O) groups excluding carboxylic acids is 5. The summed E-state index contributed by atoms with van der Waals surface area (Å²) in [5.74, 6) is -7.15. The molecule has 16 heteroatoms. The van der Waals surface area contributed by atoms with E-state index in [-0.39, 0.29) is 31.4 Å². The Labute approximate surface area is 199 Å². The molecule has 15 nitrogen and oxygen atoms in total.